The van der Waals surface area contributed by atoms with Crippen molar-refractivity contribution in [2.45, 2.75) is 39.7 Å². The average molecular weight is 312 g/mol. The molecule has 0 aliphatic heterocycles. The molecule has 0 heterocycles. The molecule has 0 saturated carbocycles. The first-order valence-electron chi connectivity index (χ1n) is 7.11. The quantitative estimate of drug-likeness (QED) is 0.875. The number of nitrogens with zero attached hydrogens (tertiary/aromatic N) is 1. The fourth-order valence-corrected chi connectivity index (χ4v) is 2.71. The summed E-state index contributed by atoms with van der Waals surface area (Å²) < 4.78 is 0. The highest BCUT2D eigenvalue weighted by Crippen LogP contribution is 2.32. The van der Waals surface area contributed by atoms with Crippen molar-refractivity contribution < 1.29 is 4.79 Å². The van der Waals surface area contributed by atoms with E-state index in [0.29, 0.717) is 17.1 Å². The van der Waals surface area contributed by atoms with Crippen molar-refractivity contribution in [2.24, 2.45) is 11.1 Å². The van der Waals surface area contributed by atoms with Gasteiger partial charge in [0.15, 0.2) is 0 Å². The summed E-state index contributed by atoms with van der Waals surface area (Å²) in [5, 5.41) is 3.51. The van der Waals surface area contributed by atoms with E-state index in [1.54, 1.807) is 6.07 Å². The Morgan fingerprint density at radius 3 is 2.52 bits per heavy atom. The molecule has 0 saturated heterocycles. The molecule has 21 heavy (non-hydrogen) atoms. The number of para-hydroxylation sites is 1. The highest BCUT2D eigenvalue weighted by atomic mass is 35.5. The van der Waals surface area contributed by atoms with Gasteiger partial charge in [0.25, 0.3) is 0 Å². The number of hydrogen-bond donors (Lipinski definition) is 2. The number of nitrogens with one attached hydrogen (secondary N) is 1. The van der Waals surface area contributed by atoms with Gasteiger partial charge in [-0.05, 0) is 24.0 Å². The van der Waals surface area contributed by atoms with Gasteiger partial charge < -0.3 is 16.0 Å². The van der Waals surface area contributed by atoms with Crippen LogP contribution in [0, 0.1) is 5.41 Å². The average Bonchev–Trinajstić information content (AvgIpc) is 2.24. The van der Waals surface area contributed by atoms with Gasteiger partial charge in [-0.15, -0.1) is 0 Å². The molecule has 3 N–H and O–H groups in total. The van der Waals surface area contributed by atoms with E-state index in [1.165, 1.54) is 0 Å². The van der Waals surface area contributed by atoms with E-state index in [1.807, 2.05) is 31.1 Å². The first-order valence-corrected chi connectivity index (χ1v) is 7.49. The zero-order chi connectivity index (χ0) is 16.2. The Morgan fingerprint density at radius 1 is 1.38 bits per heavy atom. The zero-order valence-corrected chi connectivity index (χ0v) is 14.3. The van der Waals surface area contributed by atoms with Crippen LogP contribution in [0.3, 0.4) is 0 Å². The summed E-state index contributed by atoms with van der Waals surface area (Å²) in [6.07, 6.45) is 1.10. The van der Waals surface area contributed by atoms with Crippen LogP contribution in [0.2, 0.25) is 5.02 Å². The van der Waals surface area contributed by atoms with Crippen molar-refractivity contribution in [1.29, 1.82) is 0 Å². The lowest BCUT2D eigenvalue weighted by atomic mass is 9.87. The second-order valence-corrected chi connectivity index (χ2v) is 7.21. The minimum absolute atomic E-state index is 0.0860. The van der Waals surface area contributed by atoms with Gasteiger partial charge in [-0.1, -0.05) is 38.4 Å². The molecule has 5 heteroatoms. The Bertz CT molecular complexity index is 495. The topological polar surface area (TPSA) is 58.4 Å². The Labute approximate surface area is 132 Å². The third-order valence-electron chi connectivity index (χ3n) is 3.03. The Morgan fingerprint density at radius 2 is 2.00 bits per heavy atom. The van der Waals surface area contributed by atoms with Gasteiger partial charge in [0, 0.05) is 26.6 Å². The van der Waals surface area contributed by atoms with Crippen LogP contribution in [0.15, 0.2) is 18.2 Å². The number of carbonyl (C=O) groups excluding carboxylic acids is 1. The first kappa shape index (κ1) is 17.8. The number of halogens is 1. The van der Waals surface area contributed by atoms with Crippen molar-refractivity contribution in [3.63, 3.8) is 0 Å². The molecule has 0 radical (unpaired) electrons. The van der Waals surface area contributed by atoms with Crippen LogP contribution in [0.5, 0.6) is 0 Å². The Hall–Kier alpha value is -1.26. The largest absolute Gasteiger partial charge is 0.375 e. The molecule has 4 nitrogen and oxygen atoms in total. The molecule has 0 aromatic heterocycles. The Kier molecular flexibility index (Phi) is 6.05. The van der Waals surface area contributed by atoms with E-state index in [-0.39, 0.29) is 17.4 Å². The monoisotopic (exact) mass is 311 g/mol. The minimum atomic E-state index is -0.146. The molecule has 1 rings (SSSR count). The second-order valence-electron chi connectivity index (χ2n) is 6.81. The molecule has 1 amide bonds. The fraction of sp³-hybridized carbons (Fsp3) is 0.562. The van der Waals surface area contributed by atoms with E-state index in [9.17, 15) is 4.79 Å². The molecule has 1 atom stereocenters. The van der Waals surface area contributed by atoms with Gasteiger partial charge in [0.1, 0.15) is 0 Å². The lowest BCUT2D eigenvalue weighted by molar-refractivity contribution is -0.116. The summed E-state index contributed by atoms with van der Waals surface area (Å²) in [5.41, 5.74) is 7.67. The van der Waals surface area contributed by atoms with Crippen molar-refractivity contribution in [3.05, 3.63) is 23.2 Å². The smallest absolute Gasteiger partial charge is 0.225 e. The molecule has 0 fully saturated rings. The summed E-state index contributed by atoms with van der Waals surface area (Å²) in [7, 11) is 3.78. The normalized spacial score (nSPS) is 12.9. The third-order valence-corrected chi connectivity index (χ3v) is 3.34. The summed E-state index contributed by atoms with van der Waals surface area (Å²) >= 11 is 6.18. The maximum Gasteiger partial charge on any atom is 0.225 e. The summed E-state index contributed by atoms with van der Waals surface area (Å²) in [6, 6.07) is 5.32. The summed E-state index contributed by atoms with van der Waals surface area (Å²) in [4.78, 5) is 14.0. The number of anilines is 2. The fourth-order valence-electron chi connectivity index (χ4n) is 2.37. The summed E-state index contributed by atoms with van der Waals surface area (Å²) in [6.45, 7) is 6.35. The van der Waals surface area contributed by atoms with Crippen LogP contribution >= 0.6 is 11.6 Å². The van der Waals surface area contributed by atoms with Gasteiger partial charge in [0.05, 0.1) is 16.4 Å². The first-order chi connectivity index (χ1) is 9.60. The van der Waals surface area contributed by atoms with Crippen molar-refractivity contribution in [2.75, 3.05) is 24.3 Å². The molecule has 1 unspecified atom stereocenters. The van der Waals surface area contributed by atoms with Crippen LogP contribution < -0.4 is 16.0 Å². The minimum Gasteiger partial charge on any atom is -0.375 e. The molecule has 0 aliphatic rings. The molecular formula is C16H26ClN3O. The predicted molar refractivity (Wildman–Crippen MR) is 91.1 cm³/mol. The van der Waals surface area contributed by atoms with Gasteiger partial charge >= 0.3 is 0 Å². The molecule has 118 valence electrons. The highest BCUT2D eigenvalue weighted by Gasteiger charge is 2.19. The van der Waals surface area contributed by atoms with Gasteiger partial charge in [0.2, 0.25) is 5.91 Å². The van der Waals surface area contributed by atoms with Crippen molar-refractivity contribution >= 4 is 28.9 Å². The second kappa shape index (κ2) is 7.14. The van der Waals surface area contributed by atoms with Crippen molar-refractivity contribution in [3.8, 4) is 0 Å². The van der Waals surface area contributed by atoms with Crippen LogP contribution in [0.25, 0.3) is 0 Å². The molecule has 0 aliphatic carbocycles. The third kappa shape index (κ3) is 5.94. The maximum atomic E-state index is 12.1. The standard InChI is InChI=1S/C16H26ClN3O/c1-16(2,3)10-11(18)9-14(21)19-13-8-6-7-12(17)15(13)20(4)5/h6-8,11H,9-10,18H2,1-5H3,(H,19,21). The molecule has 1 aromatic carbocycles. The van der Waals surface area contributed by atoms with Gasteiger partial charge in [-0.3, -0.25) is 4.79 Å². The SMILES string of the molecule is CN(C)c1c(Cl)cccc1NC(=O)CC(N)CC(C)(C)C. The molecule has 0 spiro atoms. The van der Waals surface area contributed by atoms with E-state index < -0.39 is 0 Å². The maximum absolute atomic E-state index is 12.1. The van der Waals surface area contributed by atoms with Gasteiger partial charge in [-0.25, -0.2) is 0 Å². The van der Waals surface area contributed by atoms with E-state index in [2.05, 4.69) is 26.1 Å². The Balaban J connectivity index is 2.74. The molecule has 1 aromatic rings. The van der Waals surface area contributed by atoms with Crippen LogP contribution in [0.1, 0.15) is 33.6 Å². The lowest BCUT2D eigenvalue weighted by Crippen LogP contribution is -2.31. The number of carbonyl (C=O) groups is 1. The number of nitrogens with two attached hydrogens (primary N) is 1. The number of hydrogen-bond acceptors (Lipinski definition) is 3. The highest BCUT2D eigenvalue weighted by molar-refractivity contribution is 6.34. The van der Waals surface area contributed by atoms with Crippen LogP contribution in [0.4, 0.5) is 11.4 Å². The van der Waals surface area contributed by atoms with E-state index in [4.69, 9.17) is 17.3 Å². The lowest BCUT2D eigenvalue weighted by Gasteiger charge is -2.23. The predicted octanol–water partition coefficient (Wildman–Crippen LogP) is 3.50. The summed E-state index contributed by atoms with van der Waals surface area (Å²) in [5.74, 6) is -0.0860. The number of amides is 1. The van der Waals surface area contributed by atoms with Crippen molar-refractivity contribution in [1.82, 2.24) is 0 Å². The number of rotatable bonds is 5. The van der Waals surface area contributed by atoms with E-state index in [0.717, 1.165) is 12.1 Å². The molecule has 0 bridgehead atoms. The van der Waals surface area contributed by atoms with Crippen LogP contribution in [-0.4, -0.2) is 26.0 Å². The van der Waals surface area contributed by atoms with E-state index >= 15 is 0 Å². The van der Waals surface area contributed by atoms with Gasteiger partial charge in [-0.2, -0.15) is 0 Å². The van der Waals surface area contributed by atoms with Crippen LogP contribution in [-0.2, 0) is 4.79 Å². The zero-order valence-electron chi connectivity index (χ0n) is 13.5. The molecular weight excluding hydrogens is 286 g/mol. The number of benzene rings is 1.